The molecular weight excluding hydrogens is 574 g/mol. The van der Waals surface area contributed by atoms with Crippen molar-refractivity contribution in [2.24, 2.45) is 0 Å². The Bertz CT molecular complexity index is 723. The Hall–Kier alpha value is -1.16. The zero-order chi connectivity index (χ0) is 28.9. The molecule has 35 heavy (non-hydrogen) atoms. The van der Waals surface area contributed by atoms with E-state index in [9.17, 15) is 79.0 Å². The number of hydrogen-bond donors (Lipinski definition) is 0. The maximum absolute atomic E-state index is 13.9. The van der Waals surface area contributed by atoms with Gasteiger partial charge in [-0.2, -0.15) is 74.6 Å². The summed E-state index contributed by atoms with van der Waals surface area (Å²) in [5.74, 6) is -58.4. The molecule has 0 unspecified atom stereocenters. The van der Waals surface area contributed by atoms with E-state index in [-0.39, 0.29) is 0 Å². The third kappa shape index (κ3) is 4.66. The van der Waals surface area contributed by atoms with E-state index in [1.54, 1.807) is 0 Å². The van der Waals surface area contributed by atoms with Crippen LogP contribution in [0.3, 0.4) is 0 Å². The van der Waals surface area contributed by atoms with Gasteiger partial charge in [-0.25, -0.2) is 4.39 Å². The van der Waals surface area contributed by atoms with E-state index in [1.807, 2.05) is 0 Å². The van der Waals surface area contributed by atoms with Crippen molar-refractivity contribution in [3.8, 4) is 0 Å². The normalized spacial score (nSPS) is 17.1. The highest BCUT2D eigenvalue weighted by atomic mass is 28.4. The first-order chi connectivity index (χ1) is 15.1. The highest BCUT2D eigenvalue weighted by molar-refractivity contribution is 6.60. The van der Waals surface area contributed by atoms with Crippen LogP contribution in [0.5, 0.6) is 0 Å². The minimum absolute atomic E-state index is 0.508. The van der Waals surface area contributed by atoms with Gasteiger partial charge >= 0.3 is 56.4 Å². The first-order valence-corrected chi connectivity index (χ1v) is 10.0. The highest BCUT2D eigenvalue weighted by Crippen LogP contribution is 2.64. The van der Waals surface area contributed by atoms with Crippen LogP contribution in [-0.2, 0) is 13.3 Å². The van der Waals surface area contributed by atoms with Crippen molar-refractivity contribution in [3.05, 3.63) is 0 Å². The van der Waals surface area contributed by atoms with Crippen molar-refractivity contribution >= 4 is 8.80 Å². The van der Waals surface area contributed by atoms with Crippen molar-refractivity contribution in [1.29, 1.82) is 0 Å². The van der Waals surface area contributed by atoms with Crippen LogP contribution in [0.4, 0.5) is 79.0 Å². The van der Waals surface area contributed by atoms with Gasteiger partial charge in [-0.15, -0.1) is 0 Å². The van der Waals surface area contributed by atoms with Crippen molar-refractivity contribution in [3.63, 3.8) is 0 Å². The summed E-state index contributed by atoms with van der Waals surface area (Å²) in [5, 5.41) is 0. The van der Waals surface area contributed by atoms with Gasteiger partial charge in [0.25, 0.3) is 0 Å². The van der Waals surface area contributed by atoms with Gasteiger partial charge in [0.05, 0.1) is 6.04 Å². The molecule has 0 aromatic carbocycles. The predicted molar refractivity (Wildman–Crippen MR) is 77.2 cm³/mol. The SMILES string of the molecule is CO[Si](C[C@@H](F)C(F)(F)C(F)(F)C(F)(F)C(F)(F)C(F)(F)C(F)(F)C(F)(F)C(F)(F)F)(OC)OC. The lowest BCUT2D eigenvalue weighted by atomic mass is 9.88. The summed E-state index contributed by atoms with van der Waals surface area (Å²) in [7, 11) is -3.27. The molecule has 3 nitrogen and oxygen atoms in total. The lowest BCUT2D eigenvalue weighted by Crippen LogP contribution is -2.75. The smallest absolute Gasteiger partial charge is 0.377 e. The number of halogens is 18. The molecule has 0 aliphatic heterocycles. The Balaban J connectivity index is 6.74. The molecule has 0 heterocycles. The summed E-state index contributed by atoms with van der Waals surface area (Å²) in [5.41, 5.74) is 0. The van der Waals surface area contributed by atoms with Gasteiger partial charge in [0.2, 0.25) is 0 Å². The van der Waals surface area contributed by atoms with E-state index in [0.717, 1.165) is 0 Å². The van der Waals surface area contributed by atoms with E-state index >= 15 is 0 Å². The summed E-state index contributed by atoms with van der Waals surface area (Å²) in [6, 6.07) is -2.28. The quantitative estimate of drug-likeness (QED) is 0.201. The Labute approximate surface area is 183 Å². The van der Waals surface area contributed by atoms with E-state index in [0.29, 0.717) is 21.3 Å². The standard InChI is InChI=1S/C13H12F18O3Si/c1-32-35(33-2,34-3)4-5(14)6(15,16)7(17,18)8(19,20)9(21,22)10(23,24)11(25,26)12(27,28)13(29,30)31/h5H,4H2,1-3H3/t5-/m1/s1. The molecule has 22 heteroatoms. The fraction of sp³-hybridized carbons (Fsp3) is 1.00. The molecule has 0 fully saturated rings. The Morgan fingerprint density at radius 1 is 0.486 bits per heavy atom. The minimum Gasteiger partial charge on any atom is -0.377 e. The van der Waals surface area contributed by atoms with Crippen LogP contribution >= 0.6 is 0 Å². The summed E-state index contributed by atoms with van der Waals surface area (Å²) in [6.45, 7) is 0. The molecule has 0 aliphatic carbocycles. The van der Waals surface area contributed by atoms with Crippen LogP contribution in [0.15, 0.2) is 0 Å². The van der Waals surface area contributed by atoms with Crippen LogP contribution in [0, 0.1) is 0 Å². The molecular formula is C13H12F18O3Si. The van der Waals surface area contributed by atoms with Gasteiger partial charge in [-0.3, -0.25) is 0 Å². The molecule has 212 valence electrons. The van der Waals surface area contributed by atoms with Crippen molar-refractivity contribution in [2.45, 2.75) is 59.8 Å². The van der Waals surface area contributed by atoms with Gasteiger partial charge in [0, 0.05) is 21.3 Å². The number of hydrogen-bond acceptors (Lipinski definition) is 3. The molecule has 0 bridgehead atoms. The molecule has 0 aromatic rings. The maximum atomic E-state index is 13.9. The van der Waals surface area contributed by atoms with Crippen LogP contribution in [-0.4, -0.2) is 83.9 Å². The molecule has 0 aromatic heterocycles. The van der Waals surface area contributed by atoms with Gasteiger partial charge in [-0.05, 0) is 0 Å². The van der Waals surface area contributed by atoms with Crippen LogP contribution < -0.4 is 0 Å². The molecule has 0 amide bonds. The molecule has 1 atom stereocenters. The van der Waals surface area contributed by atoms with Crippen LogP contribution in [0.25, 0.3) is 0 Å². The Kier molecular flexibility index (Phi) is 8.99. The van der Waals surface area contributed by atoms with E-state index in [4.69, 9.17) is 0 Å². The fourth-order valence-electron chi connectivity index (χ4n) is 2.22. The Morgan fingerprint density at radius 2 is 0.743 bits per heavy atom. The third-order valence-corrected chi connectivity index (χ3v) is 7.23. The number of rotatable bonds is 12. The number of alkyl halides is 18. The van der Waals surface area contributed by atoms with E-state index < -0.39 is 68.7 Å². The van der Waals surface area contributed by atoms with Crippen LogP contribution in [0.1, 0.15) is 0 Å². The summed E-state index contributed by atoms with van der Waals surface area (Å²) < 4.78 is 251. The summed E-state index contributed by atoms with van der Waals surface area (Å²) in [6.07, 6.45) is -12.7. The molecule has 0 radical (unpaired) electrons. The third-order valence-electron chi connectivity index (χ3n) is 4.50. The second kappa shape index (κ2) is 9.30. The van der Waals surface area contributed by atoms with Crippen LogP contribution in [0.2, 0.25) is 6.04 Å². The zero-order valence-electron chi connectivity index (χ0n) is 16.8. The van der Waals surface area contributed by atoms with Gasteiger partial charge in [0.1, 0.15) is 0 Å². The highest BCUT2D eigenvalue weighted by Gasteiger charge is 2.95. The molecule has 0 spiro atoms. The van der Waals surface area contributed by atoms with Crippen molar-refractivity contribution in [1.82, 2.24) is 0 Å². The lowest BCUT2D eigenvalue weighted by molar-refractivity contribution is -0.463. The largest absolute Gasteiger partial charge is 0.503 e. The van der Waals surface area contributed by atoms with Crippen molar-refractivity contribution < 1.29 is 92.3 Å². The Morgan fingerprint density at radius 3 is 1.00 bits per heavy atom. The molecule has 0 rings (SSSR count). The molecule has 0 saturated carbocycles. The monoisotopic (exact) mass is 586 g/mol. The fourth-order valence-corrected chi connectivity index (χ4v) is 3.92. The van der Waals surface area contributed by atoms with Gasteiger partial charge < -0.3 is 13.3 Å². The van der Waals surface area contributed by atoms with Gasteiger partial charge in [0.15, 0.2) is 6.17 Å². The molecule has 0 N–H and O–H groups in total. The zero-order valence-corrected chi connectivity index (χ0v) is 17.8. The summed E-state index contributed by atoms with van der Waals surface area (Å²) >= 11 is 0. The molecule has 0 aliphatic rings. The second-order valence-electron chi connectivity index (χ2n) is 6.53. The lowest BCUT2D eigenvalue weighted by Gasteiger charge is -2.43. The first-order valence-electron chi connectivity index (χ1n) is 8.07. The minimum atomic E-state index is -8.78. The van der Waals surface area contributed by atoms with E-state index in [2.05, 4.69) is 13.3 Å². The maximum Gasteiger partial charge on any atom is 0.503 e. The average molecular weight is 586 g/mol. The van der Waals surface area contributed by atoms with Gasteiger partial charge in [-0.1, -0.05) is 0 Å². The second-order valence-corrected chi connectivity index (χ2v) is 9.53. The van der Waals surface area contributed by atoms with E-state index in [1.165, 1.54) is 0 Å². The first kappa shape index (κ1) is 33.8. The predicted octanol–water partition coefficient (Wildman–Crippen LogP) is 6.21. The summed E-state index contributed by atoms with van der Waals surface area (Å²) in [4.78, 5) is 0. The topological polar surface area (TPSA) is 27.7 Å². The van der Waals surface area contributed by atoms with Crippen molar-refractivity contribution in [2.75, 3.05) is 21.3 Å². The average Bonchev–Trinajstić information content (AvgIpc) is 2.70. The molecule has 0 saturated heterocycles.